The van der Waals surface area contributed by atoms with E-state index in [-0.39, 0.29) is 24.0 Å². The first-order chi connectivity index (χ1) is 20.2. The monoisotopic (exact) mass is 579 g/mol. The predicted molar refractivity (Wildman–Crippen MR) is 151 cm³/mol. The molecule has 2 heterocycles. The van der Waals surface area contributed by atoms with Gasteiger partial charge in [0.1, 0.15) is 17.1 Å². The highest BCUT2D eigenvalue weighted by atomic mass is 19.4. The molecule has 0 aliphatic heterocycles. The third kappa shape index (κ3) is 7.48. The van der Waals surface area contributed by atoms with Crippen molar-refractivity contribution < 1.29 is 32.2 Å². The Morgan fingerprint density at radius 1 is 0.929 bits per heavy atom. The zero-order chi connectivity index (χ0) is 29.7. The summed E-state index contributed by atoms with van der Waals surface area (Å²) in [5, 5.41) is 2.74. The molecule has 5 rings (SSSR count). The van der Waals surface area contributed by atoms with Gasteiger partial charge in [-0.25, -0.2) is 4.98 Å². The average Bonchev–Trinajstić information content (AvgIpc) is 3.40. The van der Waals surface area contributed by atoms with Crippen molar-refractivity contribution in [3.63, 3.8) is 0 Å². The van der Waals surface area contributed by atoms with Crippen molar-refractivity contribution in [3.05, 3.63) is 89.9 Å². The van der Waals surface area contributed by atoms with Crippen molar-refractivity contribution in [1.29, 1.82) is 0 Å². The molecule has 1 amide bonds. The van der Waals surface area contributed by atoms with Crippen LogP contribution in [0.5, 0.6) is 5.75 Å². The Morgan fingerprint density at radius 3 is 2.29 bits per heavy atom. The number of carbonyl (C=O) groups excluding carboxylic acids is 2. The minimum Gasteiger partial charge on any atom is -0.466 e. The van der Waals surface area contributed by atoms with E-state index in [4.69, 9.17) is 4.74 Å². The third-order valence-corrected chi connectivity index (χ3v) is 7.62. The number of imidazole rings is 1. The fourth-order valence-electron chi connectivity index (χ4n) is 5.46. The van der Waals surface area contributed by atoms with Crippen molar-refractivity contribution in [1.82, 2.24) is 14.7 Å². The number of aromatic nitrogens is 2. The van der Waals surface area contributed by atoms with E-state index < -0.39 is 12.3 Å². The fraction of sp³-hybridized carbons (Fsp3) is 0.344. The van der Waals surface area contributed by atoms with Crippen LogP contribution in [-0.4, -0.2) is 34.2 Å². The molecule has 1 aliphatic carbocycles. The molecule has 1 N–H and O–H groups in total. The van der Waals surface area contributed by atoms with E-state index >= 15 is 0 Å². The molecule has 1 aliphatic rings. The maximum atomic E-state index is 12.7. The molecule has 0 bridgehead atoms. The van der Waals surface area contributed by atoms with E-state index in [2.05, 4.69) is 39.3 Å². The second-order valence-electron chi connectivity index (χ2n) is 10.5. The maximum absolute atomic E-state index is 12.7. The van der Waals surface area contributed by atoms with E-state index in [1.807, 2.05) is 25.3 Å². The minimum atomic E-state index is -4.75. The van der Waals surface area contributed by atoms with Crippen LogP contribution in [0.3, 0.4) is 0 Å². The number of nitrogens with zero attached hydrogens (tertiary/aromatic N) is 2. The molecule has 0 atom stereocenters. The van der Waals surface area contributed by atoms with Crippen LogP contribution < -0.4 is 10.1 Å². The zero-order valence-corrected chi connectivity index (χ0v) is 23.2. The number of hydrogen-bond acceptors (Lipinski definition) is 5. The number of fused-ring (bicyclic) bond motifs is 1. The van der Waals surface area contributed by atoms with Crippen molar-refractivity contribution >= 4 is 17.5 Å². The second kappa shape index (κ2) is 12.7. The minimum absolute atomic E-state index is 0.0972. The smallest absolute Gasteiger partial charge is 0.466 e. The number of ether oxygens (including phenoxy) is 2. The molecule has 4 aromatic rings. The molecular weight excluding hydrogens is 547 g/mol. The Morgan fingerprint density at radius 2 is 1.62 bits per heavy atom. The molecule has 10 heteroatoms. The van der Waals surface area contributed by atoms with Crippen molar-refractivity contribution in [2.75, 3.05) is 6.61 Å². The first-order valence-electron chi connectivity index (χ1n) is 14.0. The molecular formula is C32H32F3N3O4. The largest absolute Gasteiger partial charge is 0.573 e. The molecule has 2 aromatic heterocycles. The van der Waals surface area contributed by atoms with Crippen LogP contribution in [-0.2, 0) is 16.1 Å². The Balaban J connectivity index is 1.17. The maximum Gasteiger partial charge on any atom is 0.573 e. The molecule has 2 aromatic carbocycles. The van der Waals surface area contributed by atoms with Crippen LogP contribution in [0, 0.1) is 5.92 Å². The van der Waals surface area contributed by atoms with Crippen molar-refractivity contribution in [3.8, 4) is 16.9 Å². The summed E-state index contributed by atoms with van der Waals surface area (Å²) in [7, 11) is 0. The predicted octanol–water partition coefficient (Wildman–Crippen LogP) is 7.06. The lowest BCUT2D eigenvalue weighted by Crippen LogP contribution is -2.23. The standard InChI is InChI=1S/C32H32F3N3O4/c1-2-41-30(39)17-21-3-7-23(8-4-21)24-9-11-25(12-10-24)26-13-16-29-37-28(20-38(29)19-26)31(40)36-18-22-5-14-27(15-6-22)42-32(33,34)35/h5-6,9-16,19-21,23H,2-4,7-8,17-18H2,1H3,(H,36,40). The van der Waals surface area contributed by atoms with Gasteiger partial charge in [0.2, 0.25) is 0 Å². The Bertz CT molecular complexity index is 1520. The molecule has 0 unspecified atom stereocenters. The number of benzene rings is 2. The first-order valence-corrected chi connectivity index (χ1v) is 14.0. The molecule has 1 fully saturated rings. The summed E-state index contributed by atoms with van der Waals surface area (Å²) >= 11 is 0. The Kier molecular flexibility index (Phi) is 8.80. The Hall–Kier alpha value is -4.34. The Labute approximate surface area is 241 Å². The van der Waals surface area contributed by atoms with Gasteiger partial charge in [0.15, 0.2) is 0 Å². The lowest BCUT2D eigenvalue weighted by molar-refractivity contribution is -0.274. The normalized spacial score (nSPS) is 17.1. The molecule has 0 radical (unpaired) electrons. The van der Waals surface area contributed by atoms with Crippen LogP contribution in [0.4, 0.5) is 13.2 Å². The second-order valence-corrected chi connectivity index (χ2v) is 10.5. The van der Waals surface area contributed by atoms with Gasteiger partial charge in [-0.3, -0.25) is 9.59 Å². The highest BCUT2D eigenvalue weighted by Gasteiger charge is 2.31. The van der Waals surface area contributed by atoms with E-state index in [0.717, 1.165) is 36.8 Å². The van der Waals surface area contributed by atoms with Gasteiger partial charge < -0.3 is 19.2 Å². The fourth-order valence-corrected chi connectivity index (χ4v) is 5.46. The lowest BCUT2D eigenvalue weighted by Gasteiger charge is -2.28. The van der Waals surface area contributed by atoms with Gasteiger partial charge in [0.05, 0.1) is 6.61 Å². The van der Waals surface area contributed by atoms with Gasteiger partial charge in [-0.2, -0.15) is 0 Å². The molecule has 7 nitrogen and oxygen atoms in total. The number of hydrogen-bond donors (Lipinski definition) is 1. The van der Waals surface area contributed by atoms with Gasteiger partial charge in [0, 0.05) is 25.4 Å². The van der Waals surface area contributed by atoms with Gasteiger partial charge in [0.25, 0.3) is 5.91 Å². The van der Waals surface area contributed by atoms with Crippen LogP contribution >= 0.6 is 0 Å². The summed E-state index contributed by atoms with van der Waals surface area (Å²) in [6.45, 7) is 2.39. The van der Waals surface area contributed by atoms with Gasteiger partial charge >= 0.3 is 12.3 Å². The SMILES string of the molecule is CCOC(=O)CC1CCC(c2ccc(-c3ccc4nc(C(=O)NCc5ccc(OC(F)(F)F)cc5)cn4c3)cc2)CC1. The number of pyridine rings is 1. The number of carbonyl (C=O) groups is 2. The first kappa shape index (κ1) is 29.2. The highest BCUT2D eigenvalue weighted by Crippen LogP contribution is 2.38. The number of halogens is 3. The molecule has 42 heavy (non-hydrogen) atoms. The van der Waals surface area contributed by atoms with Gasteiger partial charge in [-0.15, -0.1) is 13.2 Å². The summed E-state index contributed by atoms with van der Waals surface area (Å²) in [4.78, 5) is 28.9. The molecule has 0 saturated heterocycles. The van der Waals surface area contributed by atoms with Gasteiger partial charge in [-0.05, 0) is 91.0 Å². The van der Waals surface area contributed by atoms with Crippen molar-refractivity contribution in [2.45, 2.75) is 57.9 Å². The number of rotatable bonds is 9. The van der Waals surface area contributed by atoms with Crippen LogP contribution in [0.1, 0.15) is 66.6 Å². The highest BCUT2D eigenvalue weighted by molar-refractivity contribution is 5.92. The lowest BCUT2D eigenvalue weighted by atomic mass is 9.77. The van der Waals surface area contributed by atoms with Crippen LogP contribution in [0.2, 0.25) is 0 Å². The van der Waals surface area contributed by atoms with Gasteiger partial charge in [-0.1, -0.05) is 36.4 Å². The summed E-state index contributed by atoms with van der Waals surface area (Å²) in [6.07, 6.45) is 3.52. The average molecular weight is 580 g/mol. The van der Waals surface area contributed by atoms with Crippen LogP contribution in [0.25, 0.3) is 16.8 Å². The summed E-state index contributed by atoms with van der Waals surface area (Å²) in [6, 6.07) is 17.7. The summed E-state index contributed by atoms with van der Waals surface area (Å²) in [5.41, 5.74) is 4.81. The third-order valence-electron chi connectivity index (χ3n) is 7.62. The number of esters is 1. The van der Waals surface area contributed by atoms with E-state index in [0.29, 0.717) is 36.1 Å². The number of amides is 1. The number of nitrogens with one attached hydrogen (secondary N) is 1. The van der Waals surface area contributed by atoms with Crippen LogP contribution in [0.15, 0.2) is 73.1 Å². The number of alkyl halides is 3. The molecule has 1 saturated carbocycles. The zero-order valence-electron chi connectivity index (χ0n) is 23.2. The quantitative estimate of drug-likeness (QED) is 0.215. The topological polar surface area (TPSA) is 81.9 Å². The molecule has 220 valence electrons. The molecule has 0 spiro atoms. The van der Waals surface area contributed by atoms with E-state index in [1.54, 1.807) is 10.6 Å². The summed E-state index contributed by atoms with van der Waals surface area (Å²) in [5.74, 6) is 0.0816. The van der Waals surface area contributed by atoms with E-state index in [9.17, 15) is 22.8 Å². The van der Waals surface area contributed by atoms with Crippen molar-refractivity contribution in [2.24, 2.45) is 5.92 Å². The summed E-state index contributed by atoms with van der Waals surface area (Å²) < 4.78 is 47.8. The van der Waals surface area contributed by atoms with E-state index in [1.165, 1.54) is 29.8 Å².